The van der Waals surface area contributed by atoms with Gasteiger partial charge in [-0.3, -0.25) is 4.98 Å². The van der Waals surface area contributed by atoms with Crippen LogP contribution in [0.5, 0.6) is 0 Å². The third-order valence-corrected chi connectivity index (χ3v) is 15.8. The van der Waals surface area contributed by atoms with Crippen LogP contribution >= 0.6 is 0 Å². The zero-order valence-corrected chi connectivity index (χ0v) is 45.6. The summed E-state index contributed by atoms with van der Waals surface area (Å²) >= 11 is 0. The first kappa shape index (κ1) is 43.9. The van der Waals surface area contributed by atoms with Crippen molar-refractivity contribution in [2.45, 2.75) is 85.8 Å². The van der Waals surface area contributed by atoms with Gasteiger partial charge in [0.25, 0.3) is 0 Å². The smallest absolute Gasteiger partial charge is 0.136 e. The van der Waals surface area contributed by atoms with Crippen LogP contribution in [0.3, 0.4) is 0 Å². The van der Waals surface area contributed by atoms with Crippen LogP contribution in [-0.4, -0.2) is 22.6 Å². The van der Waals surface area contributed by atoms with Gasteiger partial charge in [-0.1, -0.05) is 169 Å². The van der Waals surface area contributed by atoms with Gasteiger partial charge in [-0.25, -0.2) is 0 Å². The van der Waals surface area contributed by atoms with Crippen molar-refractivity contribution in [3.63, 3.8) is 0 Å². The standard InChI is InChI=1S/C47H35N2O2.C18H24NSi.Ir/c1-27(2)36-23-31(29-13-6-5-7-14-29)24-37(28(3)4)44(36)49-45-32-16-9-8-15-30(32)21-22-40(45)48-47(49)35-19-12-18-34-39-26-42-38(25-43(39)51-46(34)35)33-17-10-11-20-41(33)50-42;1-13(2)16-11-17(15-9-7-14(3)8-10-15)19-12-18(16)20(4,5)6;/h5-18,20-28H,1-4H3;7-9,11-13H,1-6H3;/q2*-1;/i;3D3,13D;. The van der Waals surface area contributed by atoms with E-state index >= 15 is 0 Å². The first-order chi connectivity index (χ1) is 35.7. The van der Waals surface area contributed by atoms with Gasteiger partial charge in [0, 0.05) is 59.0 Å². The molecule has 0 fully saturated rings. The van der Waals surface area contributed by atoms with Crippen LogP contribution in [0.25, 0.3) is 105 Å². The number of aryl methyl sites for hydroxylation is 1. The fourth-order valence-corrected chi connectivity index (χ4v) is 11.7. The molecular formula is C65H59IrN3O2Si-2. The summed E-state index contributed by atoms with van der Waals surface area (Å²) in [6, 6.07) is 58.3. The SMILES string of the molecule is CC(C)c1cc(-c2ccccc2)cc(C(C)C)c1-n1c(-c2[c-]ccc3c2oc2cc4c(cc23)oc2ccccc24)nc2ccc3ccccc3c21.[2H]C([2H])([2H])c1c[c-]c(-c2cc(C([2H])(C)C)c([Si](C)(C)C)cn2)cc1.[Ir]. The molecule has 0 saturated heterocycles. The van der Waals surface area contributed by atoms with E-state index in [1.54, 1.807) is 12.1 Å². The van der Waals surface area contributed by atoms with Crippen molar-refractivity contribution < 1.29 is 34.4 Å². The predicted octanol–water partition coefficient (Wildman–Crippen LogP) is 17.9. The summed E-state index contributed by atoms with van der Waals surface area (Å²) in [4.78, 5) is 10.0. The molecule has 0 bridgehead atoms. The number of fused-ring (bicyclic) bond motifs is 9. The molecule has 0 aliphatic rings. The average Bonchev–Trinajstić information content (AvgIpc) is 4.09. The third-order valence-electron chi connectivity index (χ3n) is 13.8. The average molecular weight is 1140 g/mol. The molecule has 0 amide bonds. The van der Waals surface area contributed by atoms with Gasteiger partial charge in [0.05, 0.1) is 30.5 Å². The summed E-state index contributed by atoms with van der Waals surface area (Å²) in [6.07, 6.45) is 1.89. The van der Waals surface area contributed by atoms with Gasteiger partial charge < -0.3 is 18.4 Å². The molecule has 4 heterocycles. The quantitative estimate of drug-likeness (QED) is 0.112. The van der Waals surface area contributed by atoms with Gasteiger partial charge in [-0.05, 0) is 92.6 Å². The number of furan rings is 2. The van der Waals surface area contributed by atoms with Gasteiger partial charge in [0.15, 0.2) is 0 Å². The maximum absolute atomic E-state index is 8.48. The molecule has 5 nitrogen and oxygen atoms in total. The molecule has 8 aromatic carbocycles. The number of para-hydroxylation sites is 1. The molecule has 0 atom stereocenters. The molecule has 0 spiro atoms. The first-order valence-corrected chi connectivity index (χ1v) is 28.1. The van der Waals surface area contributed by atoms with Crippen LogP contribution < -0.4 is 5.19 Å². The van der Waals surface area contributed by atoms with Gasteiger partial charge in [-0.2, -0.15) is 0 Å². The number of hydrogen-bond acceptors (Lipinski definition) is 4. The van der Waals surface area contributed by atoms with Crippen LogP contribution in [0.1, 0.15) is 87.0 Å². The molecule has 361 valence electrons. The number of aromatic nitrogens is 3. The van der Waals surface area contributed by atoms with Crippen LogP contribution in [0, 0.1) is 19.0 Å². The Morgan fingerprint density at radius 2 is 1.31 bits per heavy atom. The van der Waals surface area contributed by atoms with Crippen LogP contribution in [0.2, 0.25) is 19.6 Å². The Bertz CT molecular complexity index is 4110. The van der Waals surface area contributed by atoms with E-state index < -0.39 is 20.8 Å². The van der Waals surface area contributed by atoms with Crippen molar-refractivity contribution in [1.82, 2.24) is 14.5 Å². The Balaban J connectivity index is 0.000000223. The number of hydrogen-bond donors (Lipinski definition) is 0. The molecule has 0 unspecified atom stereocenters. The predicted molar refractivity (Wildman–Crippen MR) is 301 cm³/mol. The second-order valence-corrected chi connectivity index (χ2v) is 25.6. The maximum atomic E-state index is 8.48. The normalized spacial score (nSPS) is 13.2. The second-order valence-electron chi connectivity index (χ2n) is 20.6. The zero-order valence-electron chi connectivity index (χ0n) is 46.2. The molecule has 12 aromatic rings. The van der Waals surface area contributed by atoms with Crippen molar-refractivity contribution in [3.8, 4) is 39.5 Å². The molecule has 12 rings (SSSR count). The fourth-order valence-electron chi connectivity index (χ4n) is 10.2. The van der Waals surface area contributed by atoms with Crippen molar-refractivity contribution in [2.24, 2.45) is 0 Å². The number of imidazole rings is 1. The number of benzene rings is 8. The summed E-state index contributed by atoms with van der Waals surface area (Å²) < 4.78 is 46.3. The van der Waals surface area contributed by atoms with Crippen molar-refractivity contribution in [1.29, 1.82) is 0 Å². The second kappa shape index (κ2) is 19.3. The summed E-state index contributed by atoms with van der Waals surface area (Å²) in [5.74, 6) is 0.595. The van der Waals surface area contributed by atoms with E-state index in [9.17, 15) is 0 Å². The number of rotatable bonds is 8. The molecule has 1 radical (unpaired) electrons. The summed E-state index contributed by atoms with van der Waals surface area (Å²) in [6.45, 7) is 17.6. The van der Waals surface area contributed by atoms with Gasteiger partial charge in [0.2, 0.25) is 0 Å². The first-order valence-electron chi connectivity index (χ1n) is 26.6. The molecular weight excluding hydrogens is 1080 g/mol. The molecule has 0 aliphatic carbocycles. The summed E-state index contributed by atoms with van der Waals surface area (Å²) in [5.41, 5.74) is 15.1. The molecule has 7 heteroatoms. The van der Waals surface area contributed by atoms with E-state index in [0.29, 0.717) is 0 Å². The fraction of sp³-hybridized carbons (Fsp3) is 0.200. The molecule has 72 heavy (non-hydrogen) atoms. The topological polar surface area (TPSA) is 57.0 Å². The molecule has 0 saturated carbocycles. The summed E-state index contributed by atoms with van der Waals surface area (Å²) in [7, 11) is -1.61. The largest absolute Gasteiger partial charge is 0.501 e. The Labute approximate surface area is 442 Å². The number of pyridine rings is 1. The Morgan fingerprint density at radius 3 is 1.99 bits per heavy atom. The van der Waals surface area contributed by atoms with E-state index in [0.717, 1.165) is 88.5 Å². The van der Waals surface area contributed by atoms with Crippen molar-refractivity contribution >= 4 is 78.9 Å². The van der Waals surface area contributed by atoms with Gasteiger partial charge in [-0.15, -0.1) is 53.6 Å². The minimum absolute atomic E-state index is 0. The number of nitrogens with zero attached hydrogens (tertiary/aromatic N) is 3. The minimum Gasteiger partial charge on any atom is -0.501 e. The van der Waals surface area contributed by atoms with E-state index in [4.69, 9.17) is 19.3 Å². The van der Waals surface area contributed by atoms with Gasteiger partial charge in [0.1, 0.15) is 16.7 Å². The van der Waals surface area contributed by atoms with Crippen LogP contribution in [-0.2, 0) is 20.1 Å². The summed E-state index contributed by atoms with van der Waals surface area (Å²) in [5, 5.41) is 7.67. The Hall–Kier alpha value is -6.89. The molecule has 0 aliphatic heterocycles. The molecule has 0 N–H and O–H groups in total. The van der Waals surface area contributed by atoms with E-state index in [1.165, 1.54) is 44.6 Å². The third kappa shape index (κ3) is 8.72. The van der Waals surface area contributed by atoms with E-state index in [1.807, 2.05) is 50.4 Å². The Kier molecular flexibility index (Phi) is 11.7. The van der Waals surface area contributed by atoms with E-state index in [-0.39, 0.29) is 37.5 Å². The van der Waals surface area contributed by atoms with Crippen molar-refractivity contribution in [3.05, 3.63) is 192 Å². The monoisotopic (exact) mass is 1140 g/mol. The van der Waals surface area contributed by atoms with Gasteiger partial charge >= 0.3 is 0 Å². The Morgan fingerprint density at radius 1 is 0.625 bits per heavy atom. The zero-order chi connectivity index (χ0) is 52.7. The van der Waals surface area contributed by atoms with Crippen molar-refractivity contribution in [2.75, 3.05) is 0 Å². The van der Waals surface area contributed by atoms with E-state index in [2.05, 4.69) is 172 Å². The maximum Gasteiger partial charge on any atom is 0.136 e. The van der Waals surface area contributed by atoms with Crippen LogP contribution in [0.4, 0.5) is 0 Å². The van der Waals surface area contributed by atoms with Crippen LogP contribution in [0.15, 0.2) is 167 Å². The minimum atomic E-state index is -2.13. The molecule has 4 aromatic heterocycles.